The van der Waals surface area contributed by atoms with E-state index in [0.29, 0.717) is 17.1 Å². The molecule has 1 N–H and O–H groups in total. The third-order valence-corrected chi connectivity index (χ3v) is 7.12. The summed E-state index contributed by atoms with van der Waals surface area (Å²) in [5.41, 5.74) is 3.54. The number of sulfonamides is 1. The molecule has 3 rings (SSSR count). The number of anilines is 1. The van der Waals surface area contributed by atoms with E-state index >= 15 is 0 Å². The predicted molar refractivity (Wildman–Crippen MR) is 125 cm³/mol. The number of nitrogens with zero attached hydrogens (tertiary/aromatic N) is 1. The summed E-state index contributed by atoms with van der Waals surface area (Å²) in [5, 5.41) is 3.32. The van der Waals surface area contributed by atoms with E-state index in [-0.39, 0.29) is 23.9 Å². The molecule has 0 spiro atoms. The zero-order valence-electron chi connectivity index (χ0n) is 17.5. The van der Waals surface area contributed by atoms with Gasteiger partial charge in [0.15, 0.2) is 0 Å². The number of halogens is 1. The van der Waals surface area contributed by atoms with Crippen LogP contribution in [-0.4, -0.2) is 31.7 Å². The Morgan fingerprint density at radius 2 is 1.52 bits per heavy atom. The first kappa shape index (κ1) is 23.0. The molecule has 1 amide bonds. The van der Waals surface area contributed by atoms with Gasteiger partial charge >= 0.3 is 0 Å². The molecule has 0 unspecified atom stereocenters. The molecule has 0 radical (unpaired) electrons. The number of carbonyl (C=O) groups excluding carboxylic acids is 1. The molecule has 162 valence electrons. The molecule has 0 aliphatic carbocycles. The van der Waals surface area contributed by atoms with Gasteiger partial charge in [-0.3, -0.25) is 4.79 Å². The molecule has 0 fully saturated rings. The topological polar surface area (TPSA) is 66.5 Å². The molecule has 31 heavy (non-hydrogen) atoms. The quantitative estimate of drug-likeness (QED) is 0.528. The van der Waals surface area contributed by atoms with Gasteiger partial charge in [0.2, 0.25) is 15.9 Å². The Morgan fingerprint density at radius 1 is 0.903 bits per heavy atom. The van der Waals surface area contributed by atoms with Gasteiger partial charge in [0.25, 0.3) is 0 Å². The molecule has 3 aromatic carbocycles. The van der Waals surface area contributed by atoms with Crippen LogP contribution in [0.5, 0.6) is 0 Å². The number of benzene rings is 3. The van der Waals surface area contributed by atoms with Gasteiger partial charge in [-0.25, -0.2) is 8.42 Å². The smallest absolute Gasteiger partial charge is 0.243 e. The molecule has 0 aliphatic rings. The molecule has 0 aliphatic heterocycles. The fourth-order valence-electron chi connectivity index (χ4n) is 3.29. The SMILES string of the molecule is Cc1cccc(C)c1NC(=O)CN(CCc1ccccc1)S(=O)(=O)c1ccc(Cl)cc1. The summed E-state index contributed by atoms with van der Waals surface area (Å²) in [6, 6.07) is 21.3. The molecular weight excluding hydrogens is 432 g/mol. The Kier molecular flexibility index (Phi) is 7.49. The van der Waals surface area contributed by atoms with Crippen molar-refractivity contribution in [3.63, 3.8) is 0 Å². The summed E-state index contributed by atoms with van der Waals surface area (Å²) in [5.74, 6) is -0.386. The number of para-hydroxylation sites is 1. The highest BCUT2D eigenvalue weighted by Gasteiger charge is 2.27. The summed E-state index contributed by atoms with van der Waals surface area (Å²) in [7, 11) is -3.88. The van der Waals surface area contributed by atoms with Crippen molar-refractivity contribution < 1.29 is 13.2 Å². The maximum Gasteiger partial charge on any atom is 0.243 e. The lowest BCUT2D eigenvalue weighted by molar-refractivity contribution is -0.116. The number of aryl methyl sites for hydroxylation is 2. The van der Waals surface area contributed by atoms with Crippen LogP contribution in [0.15, 0.2) is 77.7 Å². The first-order valence-electron chi connectivity index (χ1n) is 9.93. The lowest BCUT2D eigenvalue weighted by atomic mass is 10.1. The van der Waals surface area contributed by atoms with Crippen LogP contribution in [0.2, 0.25) is 5.02 Å². The number of nitrogens with one attached hydrogen (secondary N) is 1. The van der Waals surface area contributed by atoms with E-state index in [1.54, 1.807) is 0 Å². The minimum absolute atomic E-state index is 0.102. The molecule has 0 bridgehead atoms. The Labute approximate surface area is 188 Å². The zero-order chi connectivity index (χ0) is 22.4. The summed E-state index contributed by atoms with van der Waals surface area (Å²) in [6.07, 6.45) is 0.490. The van der Waals surface area contributed by atoms with E-state index in [1.807, 2.05) is 62.4 Å². The third kappa shape index (κ3) is 5.94. The van der Waals surface area contributed by atoms with Crippen molar-refractivity contribution in [1.29, 1.82) is 0 Å². The van der Waals surface area contributed by atoms with Gasteiger partial charge in [0.1, 0.15) is 0 Å². The molecule has 0 saturated heterocycles. The van der Waals surface area contributed by atoms with Crippen molar-refractivity contribution >= 4 is 33.2 Å². The number of amides is 1. The maximum atomic E-state index is 13.3. The van der Waals surface area contributed by atoms with E-state index in [4.69, 9.17) is 11.6 Å². The van der Waals surface area contributed by atoms with Crippen LogP contribution in [0, 0.1) is 13.8 Å². The molecule has 3 aromatic rings. The second kappa shape index (κ2) is 10.1. The third-order valence-electron chi connectivity index (χ3n) is 5.01. The van der Waals surface area contributed by atoms with Crippen LogP contribution in [0.25, 0.3) is 0 Å². The number of carbonyl (C=O) groups is 1. The van der Waals surface area contributed by atoms with Gasteiger partial charge in [0.05, 0.1) is 11.4 Å². The van der Waals surface area contributed by atoms with Gasteiger partial charge in [0, 0.05) is 17.3 Å². The van der Waals surface area contributed by atoms with Crippen LogP contribution in [0.3, 0.4) is 0 Å². The van der Waals surface area contributed by atoms with Gasteiger partial charge < -0.3 is 5.32 Å². The van der Waals surface area contributed by atoms with Crippen molar-refractivity contribution in [3.8, 4) is 0 Å². The van der Waals surface area contributed by atoms with E-state index in [0.717, 1.165) is 16.7 Å². The van der Waals surface area contributed by atoms with E-state index < -0.39 is 10.0 Å². The largest absolute Gasteiger partial charge is 0.324 e. The van der Waals surface area contributed by atoms with Crippen LogP contribution in [0.1, 0.15) is 16.7 Å². The van der Waals surface area contributed by atoms with Gasteiger partial charge in [-0.1, -0.05) is 60.1 Å². The molecule has 0 atom stereocenters. The fourth-order valence-corrected chi connectivity index (χ4v) is 4.81. The Morgan fingerprint density at radius 3 is 2.13 bits per heavy atom. The van der Waals surface area contributed by atoms with Crippen molar-refractivity contribution in [2.45, 2.75) is 25.2 Å². The summed E-state index contributed by atoms with van der Waals surface area (Å²) >= 11 is 5.91. The van der Waals surface area contributed by atoms with Gasteiger partial charge in [-0.05, 0) is 61.2 Å². The van der Waals surface area contributed by atoms with Crippen LogP contribution >= 0.6 is 11.6 Å². The molecule has 7 heteroatoms. The zero-order valence-corrected chi connectivity index (χ0v) is 19.1. The first-order chi connectivity index (χ1) is 14.8. The van der Waals surface area contributed by atoms with Crippen LogP contribution in [0.4, 0.5) is 5.69 Å². The molecule has 0 aromatic heterocycles. The summed E-state index contributed by atoms with van der Waals surface area (Å²) in [4.78, 5) is 12.9. The van der Waals surface area contributed by atoms with Crippen molar-refractivity contribution in [1.82, 2.24) is 4.31 Å². The molecule has 0 saturated carbocycles. The fraction of sp³-hybridized carbons (Fsp3) is 0.208. The lowest BCUT2D eigenvalue weighted by Crippen LogP contribution is -2.39. The van der Waals surface area contributed by atoms with Crippen LogP contribution < -0.4 is 5.32 Å². The minimum atomic E-state index is -3.88. The van der Waals surface area contributed by atoms with E-state index in [1.165, 1.54) is 28.6 Å². The number of hydrogen-bond donors (Lipinski definition) is 1. The summed E-state index contributed by atoms with van der Waals surface area (Å²) in [6.45, 7) is 3.70. The average Bonchev–Trinajstić information content (AvgIpc) is 2.75. The standard InChI is InChI=1S/C24H25ClN2O3S/c1-18-7-6-8-19(2)24(18)26-23(28)17-27(16-15-20-9-4-3-5-10-20)31(29,30)22-13-11-21(25)12-14-22/h3-14H,15-17H2,1-2H3,(H,26,28). The van der Waals surface area contributed by atoms with Crippen molar-refractivity contribution in [2.75, 3.05) is 18.4 Å². The highest BCUT2D eigenvalue weighted by molar-refractivity contribution is 7.89. The predicted octanol–water partition coefficient (Wildman–Crippen LogP) is 4.83. The van der Waals surface area contributed by atoms with E-state index in [9.17, 15) is 13.2 Å². The first-order valence-corrected chi connectivity index (χ1v) is 11.7. The maximum absolute atomic E-state index is 13.3. The second-order valence-corrected chi connectivity index (χ2v) is 9.72. The molecule has 0 heterocycles. The lowest BCUT2D eigenvalue weighted by Gasteiger charge is -2.22. The molecule has 5 nitrogen and oxygen atoms in total. The molecular formula is C24H25ClN2O3S. The normalized spacial score (nSPS) is 11.5. The highest BCUT2D eigenvalue weighted by atomic mass is 35.5. The Balaban J connectivity index is 1.84. The average molecular weight is 457 g/mol. The number of hydrogen-bond acceptors (Lipinski definition) is 3. The second-order valence-electron chi connectivity index (χ2n) is 7.34. The Hall–Kier alpha value is -2.67. The summed E-state index contributed by atoms with van der Waals surface area (Å²) < 4.78 is 27.8. The number of rotatable bonds is 8. The van der Waals surface area contributed by atoms with Gasteiger partial charge in [-0.2, -0.15) is 4.31 Å². The monoisotopic (exact) mass is 456 g/mol. The van der Waals surface area contributed by atoms with Crippen molar-refractivity contribution in [2.24, 2.45) is 0 Å². The van der Waals surface area contributed by atoms with Crippen LogP contribution in [-0.2, 0) is 21.2 Å². The minimum Gasteiger partial charge on any atom is -0.324 e. The highest BCUT2D eigenvalue weighted by Crippen LogP contribution is 2.21. The van der Waals surface area contributed by atoms with Crippen molar-refractivity contribution in [3.05, 3.63) is 94.5 Å². The van der Waals surface area contributed by atoms with Gasteiger partial charge in [-0.15, -0.1) is 0 Å². The Bertz CT molecular complexity index is 1130. The van der Waals surface area contributed by atoms with E-state index in [2.05, 4.69) is 5.32 Å².